The lowest BCUT2D eigenvalue weighted by Crippen LogP contribution is -2.33. The molecule has 0 unspecified atom stereocenters. The van der Waals surface area contributed by atoms with Crippen LogP contribution in [0.5, 0.6) is 0 Å². The maximum atomic E-state index is 12.1. The summed E-state index contributed by atoms with van der Waals surface area (Å²) < 4.78 is 36.0. The molecule has 0 bridgehead atoms. The highest BCUT2D eigenvalue weighted by Gasteiger charge is 2.15. The van der Waals surface area contributed by atoms with Gasteiger partial charge in [-0.1, -0.05) is 6.07 Å². The van der Waals surface area contributed by atoms with E-state index in [0.717, 1.165) is 0 Å². The normalized spacial score (nSPS) is 10.8. The first-order valence-corrected chi connectivity index (χ1v) is 7.87. The monoisotopic (exact) mass is 352 g/mol. The third kappa shape index (κ3) is 6.71. The molecule has 1 rings (SSSR count). The average molecular weight is 353 g/mol. The number of hydrogen-bond donors (Lipinski definition) is 2. The Morgan fingerprint density at radius 3 is 2.55 bits per heavy atom. The molecule has 0 atom stereocenters. The van der Waals surface area contributed by atoms with Gasteiger partial charge in [0.2, 0.25) is 10.0 Å². The molecule has 0 heterocycles. The van der Waals surface area contributed by atoms with Crippen LogP contribution in [-0.2, 0) is 19.5 Å². The lowest BCUT2D eigenvalue weighted by Gasteiger charge is -2.08. The first-order valence-electron chi connectivity index (χ1n) is 6.39. The van der Waals surface area contributed by atoms with Crippen LogP contribution in [-0.4, -0.2) is 54.8 Å². The van der Waals surface area contributed by atoms with Crippen LogP contribution in [0, 0.1) is 0 Å². The minimum Gasteiger partial charge on any atom is -0.465 e. The van der Waals surface area contributed by atoms with Gasteiger partial charge >= 0.3 is 5.97 Å². The maximum Gasteiger partial charge on any atom is 0.337 e. The summed E-state index contributed by atoms with van der Waals surface area (Å²) in [5.41, 5.74) is 0.193. The average Bonchev–Trinajstić information content (AvgIpc) is 2.50. The van der Waals surface area contributed by atoms with Crippen molar-refractivity contribution < 1.29 is 22.7 Å². The van der Waals surface area contributed by atoms with E-state index in [0.29, 0.717) is 19.7 Å². The van der Waals surface area contributed by atoms with Crippen LogP contribution in [0.1, 0.15) is 10.4 Å². The highest BCUT2D eigenvalue weighted by atomic mass is 35.5. The van der Waals surface area contributed by atoms with Crippen molar-refractivity contribution in [3.63, 3.8) is 0 Å². The zero-order valence-corrected chi connectivity index (χ0v) is 14.1. The Bertz CT molecular complexity index is 565. The van der Waals surface area contributed by atoms with Gasteiger partial charge in [0.25, 0.3) is 0 Å². The van der Waals surface area contributed by atoms with E-state index >= 15 is 0 Å². The molecule has 0 aromatic heterocycles. The van der Waals surface area contributed by atoms with E-state index in [4.69, 9.17) is 4.74 Å². The van der Waals surface area contributed by atoms with E-state index in [2.05, 4.69) is 14.8 Å². The van der Waals surface area contributed by atoms with Crippen molar-refractivity contribution in [3.05, 3.63) is 29.8 Å². The van der Waals surface area contributed by atoms with Gasteiger partial charge in [-0.05, 0) is 18.2 Å². The summed E-state index contributed by atoms with van der Waals surface area (Å²) in [4.78, 5) is 11.4. The Morgan fingerprint density at radius 2 is 1.91 bits per heavy atom. The molecule has 0 aliphatic heterocycles. The van der Waals surface area contributed by atoms with Crippen molar-refractivity contribution >= 4 is 28.4 Å². The Hall–Kier alpha value is -1.19. The van der Waals surface area contributed by atoms with E-state index in [1.807, 2.05) is 0 Å². The topological polar surface area (TPSA) is 93.7 Å². The van der Waals surface area contributed by atoms with Crippen molar-refractivity contribution in [3.8, 4) is 0 Å². The highest BCUT2D eigenvalue weighted by Crippen LogP contribution is 2.12. The SMILES string of the molecule is COCCNCCNS(=O)(=O)c1cccc(C(=O)OC)c1.Cl. The second kappa shape index (κ2) is 10.5. The number of nitrogens with one attached hydrogen (secondary N) is 2. The van der Waals surface area contributed by atoms with Crippen LogP contribution in [0.2, 0.25) is 0 Å². The predicted octanol–water partition coefficient (Wildman–Crippen LogP) is 0.409. The first kappa shape index (κ1) is 20.8. The number of benzene rings is 1. The zero-order chi connectivity index (χ0) is 15.7. The van der Waals surface area contributed by atoms with Crippen LogP contribution in [0.3, 0.4) is 0 Å². The Morgan fingerprint density at radius 1 is 1.18 bits per heavy atom. The summed E-state index contributed by atoms with van der Waals surface area (Å²) in [6.07, 6.45) is 0. The van der Waals surface area contributed by atoms with E-state index in [1.165, 1.54) is 31.4 Å². The van der Waals surface area contributed by atoms with Crippen molar-refractivity contribution in [2.75, 3.05) is 40.5 Å². The van der Waals surface area contributed by atoms with Crippen molar-refractivity contribution in [1.82, 2.24) is 10.0 Å². The number of rotatable bonds is 9. The van der Waals surface area contributed by atoms with E-state index in [9.17, 15) is 13.2 Å². The molecule has 1 aromatic rings. The maximum absolute atomic E-state index is 12.1. The Balaban J connectivity index is 0.00000441. The van der Waals surface area contributed by atoms with E-state index in [-0.39, 0.29) is 29.4 Å². The van der Waals surface area contributed by atoms with Crippen LogP contribution in [0.25, 0.3) is 0 Å². The fourth-order valence-corrected chi connectivity index (χ4v) is 2.64. The smallest absolute Gasteiger partial charge is 0.337 e. The molecule has 0 spiro atoms. The molecule has 0 radical (unpaired) electrons. The number of hydrogen-bond acceptors (Lipinski definition) is 6. The predicted molar refractivity (Wildman–Crippen MR) is 85.0 cm³/mol. The lowest BCUT2D eigenvalue weighted by atomic mass is 10.2. The van der Waals surface area contributed by atoms with Gasteiger partial charge in [-0.2, -0.15) is 0 Å². The molecule has 0 saturated heterocycles. The van der Waals surface area contributed by atoms with Crippen LogP contribution >= 0.6 is 12.4 Å². The number of methoxy groups -OCH3 is 2. The van der Waals surface area contributed by atoms with Crippen molar-refractivity contribution in [2.45, 2.75) is 4.90 Å². The van der Waals surface area contributed by atoms with E-state index < -0.39 is 16.0 Å². The quantitative estimate of drug-likeness (QED) is 0.494. The molecule has 0 amide bonds. The molecule has 1 aromatic carbocycles. The number of esters is 1. The number of carbonyl (C=O) groups is 1. The number of halogens is 1. The van der Waals surface area contributed by atoms with Gasteiger partial charge in [0.1, 0.15) is 0 Å². The molecular formula is C13H21ClN2O5S. The van der Waals surface area contributed by atoms with Crippen LogP contribution < -0.4 is 10.0 Å². The third-order valence-corrected chi connectivity index (χ3v) is 4.10. The molecule has 2 N–H and O–H groups in total. The zero-order valence-electron chi connectivity index (χ0n) is 12.5. The molecule has 0 aliphatic rings. The van der Waals surface area contributed by atoms with Crippen molar-refractivity contribution in [1.29, 1.82) is 0 Å². The van der Waals surface area contributed by atoms with Gasteiger partial charge in [-0.15, -0.1) is 12.4 Å². The minimum absolute atomic E-state index is 0. The highest BCUT2D eigenvalue weighted by molar-refractivity contribution is 7.89. The number of carbonyl (C=O) groups excluding carboxylic acids is 1. The molecule has 0 saturated carbocycles. The van der Waals surface area contributed by atoms with Gasteiger partial charge in [-0.3, -0.25) is 0 Å². The molecule has 22 heavy (non-hydrogen) atoms. The summed E-state index contributed by atoms with van der Waals surface area (Å²) in [5.74, 6) is -0.576. The largest absolute Gasteiger partial charge is 0.465 e. The van der Waals surface area contributed by atoms with Gasteiger partial charge in [0, 0.05) is 26.7 Å². The minimum atomic E-state index is -3.65. The molecule has 0 fully saturated rings. The number of sulfonamides is 1. The summed E-state index contributed by atoms with van der Waals surface area (Å²) in [6, 6.07) is 5.70. The van der Waals surface area contributed by atoms with E-state index in [1.54, 1.807) is 7.11 Å². The first-order chi connectivity index (χ1) is 10.0. The summed E-state index contributed by atoms with van der Waals surface area (Å²) in [5, 5.41) is 3.02. The number of ether oxygens (including phenoxy) is 2. The molecule has 0 aliphatic carbocycles. The molecule has 7 nitrogen and oxygen atoms in total. The Kier molecular flexibility index (Phi) is 9.95. The third-order valence-electron chi connectivity index (χ3n) is 2.64. The van der Waals surface area contributed by atoms with Gasteiger partial charge < -0.3 is 14.8 Å². The molecular weight excluding hydrogens is 332 g/mol. The summed E-state index contributed by atoms with van der Waals surface area (Å²) in [7, 11) is -0.807. The Labute approximate surface area is 136 Å². The fraction of sp³-hybridized carbons (Fsp3) is 0.462. The second-order valence-electron chi connectivity index (χ2n) is 4.16. The van der Waals surface area contributed by atoms with Gasteiger partial charge in [0.15, 0.2) is 0 Å². The summed E-state index contributed by atoms with van der Waals surface area (Å²) >= 11 is 0. The standard InChI is InChI=1S/C13H20N2O5S.ClH/c1-19-9-8-14-6-7-15-21(17,18)12-5-3-4-11(10-12)13(16)20-2;/h3-5,10,14-15H,6-9H2,1-2H3;1H. The second-order valence-corrected chi connectivity index (χ2v) is 5.93. The summed E-state index contributed by atoms with van der Waals surface area (Å²) in [6.45, 7) is 1.94. The van der Waals surface area contributed by atoms with Gasteiger partial charge in [-0.25, -0.2) is 17.9 Å². The molecule has 126 valence electrons. The fourth-order valence-electron chi connectivity index (χ4n) is 1.56. The van der Waals surface area contributed by atoms with Gasteiger partial charge in [0.05, 0.1) is 24.2 Å². The van der Waals surface area contributed by atoms with Crippen LogP contribution in [0.15, 0.2) is 29.2 Å². The molecule has 9 heteroatoms. The van der Waals surface area contributed by atoms with Crippen LogP contribution in [0.4, 0.5) is 0 Å². The van der Waals surface area contributed by atoms with Crippen molar-refractivity contribution in [2.24, 2.45) is 0 Å². The lowest BCUT2D eigenvalue weighted by molar-refractivity contribution is 0.0600.